The predicted octanol–water partition coefficient (Wildman–Crippen LogP) is 5.87. The Hall–Kier alpha value is -3.96. The number of allylic oxidation sites excluding steroid dienone is 1. The SMILES string of the molecule is C=CCn1c(SCC(=O)c2cc(C)n(-c3cc(C(=O)OCC)cc(C(=O)OCC)c3)c2C)nc2sc3c(c2c1=O)CCC3. The molecule has 5 rings (SSSR count). The summed E-state index contributed by atoms with van der Waals surface area (Å²) in [6.45, 7) is 11.6. The highest BCUT2D eigenvalue weighted by Crippen LogP contribution is 2.36. The Morgan fingerprint density at radius 2 is 1.72 bits per heavy atom. The lowest BCUT2D eigenvalue weighted by Gasteiger charge is -2.14. The number of ketones is 1. The summed E-state index contributed by atoms with van der Waals surface area (Å²) in [5.74, 6) is -1.18. The lowest BCUT2D eigenvalue weighted by Crippen LogP contribution is -2.23. The molecule has 0 amide bonds. The molecule has 0 fully saturated rings. The molecule has 3 heterocycles. The molecule has 0 unspecified atom stereocenters. The number of esters is 2. The highest BCUT2D eigenvalue weighted by molar-refractivity contribution is 7.99. The zero-order valence-corrected chi connectivity index (χ0v) is 26.3. The van der Waals surface area contributed by atoms with Crippen LogP contribution >= 0.6 is 23.1 Å². The predicted molar refractivity (Wildman–Crippen MR) is 168 cm³/mol. The number of hydrogen-bond donors (Lipinski definition) is 0. The molecule has 1 aliphatic carbocycles. The van der Waals surface area contributed by atoms with Crippen molar-refractivity contribution in [3.05, 3.63) is 85.8 Å². The fourth-order valence-electron chi connectivity index (χ4n) is 5.51. The number of ether oxygens (including phenoxy) is 2. The maximum atomic E-state index is 13.6. The summed E-state index contributed by atoms with van der Waals surface area (Å²) in [5.41, 5.74) is 3.88. The third kappa shape index (κ3) is 5.83. The summed E-state index contributed by atoms with van der Waals surface area (Å²) in [6, 6.07) is 6.51. The average Bonchev–Trinajstić information content (AvgIpc) is 3.66. The van der Waals surface area contributed by atoms with Crippen LogP contribution in [0.1, 0.15) is 73.2 Å². The second-order valence-corrected chi connectivity index (χ2v) is 12.2. The van der Waals surface area contributed by atoms with Gasteiger partial charge in [0.15, 0.2) is 10.9 Å². The molecule has 0 N–H and O–H groups in total. The molecular weight excluding hydrogens is 587 g/mol. The van der Waals surface area contributed by atoms with Crippen molar-refractivity contribution in [2.24, 2.45) is 0 Å². The zero-order chi connectivity index (χ0) is 30.8. The van der Waals surface area contributed by atoms with E-state index in [1.54, 1.807) is 54.0 Å². The van der Waals surface area contributed by atoms with Crippen molar-refractivity contribution in [3.8, 4) is 5.69 Å². The van der Waals surface area contributed by atoms with Crippen LogP contribution in [0, 0.1) is 13.8 Å². The van der Waals surface area contributed by atoms with Gasteiger partial charge in [-0.1, -0.05) is 17.8 Å². The van der Waals surface area contributed by atoms with Gasteiger partial charge in [-0.05, 0) is 76.8 Å². The Balaban J connectivity index is 1.47. The van der Waals surface area contributed by atoms with E-state index in [1.807, 2.05) is 18.4 Å². The van der Waals surface area contributed by atoms with E-state index >= 15 is 0 Å². The van der Waals surface area contributed by atoms with Gasteiger partial charge in [-0.25, -0.2) is 14.6 Å². The molecule has 1 aliphatic rings. The first-order chi connectivity index (χ1) is 20.7. The first-order valence-electron chi connectivity index (χ1n) is 14.2. The number of carbonyl (C=O) groups excluding carboxylic acids is 3. The van der Waals surface area contributed by atoms with Gasteiger partial charge in [0.1, 0.15) is 4.83 Å². The van der Waals surface area contributed by atoms with Crippen molar-refractivity contribution in [2.75, 3.05) is 19.0 Å². The monoisotopic (exact) mass is 619 g/mol. The van der Waals surface area contributed by atoms with Crippen LogP contribution in [-0.4, -0.2) is 50.8 Å². The molecule has 224 valence electrons. The van der Waals surface area contributed by atoms with Crippen molar-refractivity contribution in [3.63, 3.8) is 0 Å². The van der Waals surface area contributed by atoms with E-state index in [0.29, 0.717) is 34.0 Å². The Morgan fingerprint density at radius 1 is 1.05 bits per heavy atom. The summed E-state index contributed by atoms with van der Waals surface area (Å²) in [7, 11) is 0. The van der Waals surface area contributed by atoms with Gasteiger partial charge < -0.3 is 14.0 Å². The van der Waals surface area contributed by atoms with Crippen LogP contribution in [0.4, 0.5) is 0 Å². The van der Waals surface area contributed by atoms with Crippen molar-refractivity contribution in [2.45, 2.75) is 58.7 Å². The van der Waals surface area contributed by atoms with E-state index in [9.17, 15) is 19.2 Å². The van der Waals surface area contributed by atoms with Crippen LogP contribution in [-0.2, 0) is 28.9 Å². The van der Waals surface area contributed by atoms with Crippen LogP contribution in [0.25, 0.3) is 15.9 Å². The molecule has 4 aromatic rings. The van der Waals surface area contributed by atoms with Crippen molar-refractivity contribution < 1.29 is 23.9 Å². The minimum atomic E-state index is -0.559. The number of aromatic nitrogens is 3. The molecule has 0 aliphatic heterocycles. The molecule has 11 heteroatoms. The molecule has 0 spiro atoms. The molecule has 1 aromatic carbocycles. The average molecular weight is 620 g/mol. The standard InChI is InChI=1S/C32H33N3O6S2/c1-6-12-34-29(37)27-23-10-9-11-26(23)43-28(27)33-32(34)42-17-25(36)24-13-18(4)35(19(24)5)22-15-20(30(38)40-7-2)14-21(16-22)31(39)41-8-3/h6,13-16H,1,7-12,17H2,2-5H3. The first kappa shape index (κ1) is 30.5. The lowest BCUT2D eigenvalue weighted by molar-refractivity contribution is 0.0525. The third-order valence-corrected chi connectivity index (χ3v) is 9.53. The Bertz CT molecular complexity index is 1790. The lowest BCUT2D eigenvalue weighted by atomic mass is 10.1. The minimum absolute atomic E-state index is 0.0708. The topological polar surface area (TPSA) is 109 Å². The molecule has 0 bridgehead atoms. The number of Topliss-reactive ketones (excluding diaryl/α,β-unsaturated/α-hetero) is 1. The van der Waals surface area contributed by atoms with E-state index in [-0.39, 0.29) is 41.4 Å². The first-order valence-corrected chi connectivity index (χ1v) is 16.0. The summed E-state index contributed by atoms with van der Waals surface area (Å²) < 4.78 is 13.8. The number of nitrogens with zero attached hydrogens (tertiary/aromatic N) is 3. The fraction of sp³-hybridized carbons (Fsp3) is 0.344. The quantitative estimate of drug-likeness (QED) is 0.0675. The van der Waals surface area contributed by atoms with Crippen LogP contribution in [0.2, 0.25) is 0 Å². The number of rotatable bonds is 11. The molecule has 0 saturated carbocycles. The van der Waals surface area contributed by atoms with Gasteiger partial charge >= 0.3 is 11.9 Å². The van der Waals surface area contributed by atoms with Crippen LogP contribution in [0.3, 0.4) is 0 Å². The molecule has 3 aromatic heterocycles. The Labute approximate surface area is 257 Å². The molecule has 0 radical (unpaired) electrons. The van der Waals surface area contributed by atoms with Gasteiger partial charge in [-0.3, -0.25) is 14.2 Å². The molecule has 9 nitrogen and oxygen atoms in total. The number of benzene rings is 1. The number of thiophene rings is 1. The molecule has 43 heavy (non-hydrogen) atoms. The maximum Gasteiger partial charge on any atom is 0.338 e. The van der Waals surface area contributed by atoms with Gasteiger partial charge in [0, 0.05) is 34.1 Å². The third-order valence-electron chi connectivity index (χ3n) is 7.36. The van der Waals surface area contributed by atoms with Crippen LogP contribution in [0.15, 0.2) is 46.9 Å². The zero-order valence-electron chi connectivity index (χ0n) is 24.7. The highest BCUT2D eigenvalue weighted by atomic mass is 32.2. The highest BCUT2D eigenvalue weighted by Gasteiger charge is 2.25. The summed E-state index contributed by atoms with van der Waals surface area (Å²) in [4.78, 5) is 59.0. The number of fused-ring (bicyclic) bond motifs is 3. The molecule has 0 saturated heterocycles. The summed E-state index contributed by atoms with van der Waals surface area (Å²) in [6.07, 6.45) is 4.58. The maximum absolute atomic E-state index is 13.6. The van der Waals surface area contributed by atoms with Gasteiger partial charge in [0.25, 0.3) is 5.56 Å². The molecular formula is C32H33N3O6S2. The fourth-order valence-corrected chi connectivity index (χ4v) is 7.71. The second-order valence-electron chi connectivity index (χ2n) is 10.2. The Kier molecular flexibility index (Phi) is 9.03. The molecule has 0 atom stereocenters. The van der Waals surface area contributed by atoms with E-state index in [4.69, 9.17) is 14.5 Å². The van der Waals surface area contributed by atoms with Crippen molar-refractivity contribution in [1.29, 1.82) is 0 Å². The van der Waals surface area contributed by atoms with E-state index in [2.05, 4.69) is 6.58 Å². The number of thioether (sulfide) groups is 1. The smallest absolute Gasteiger partial charge is 0.338 e. The van der Waals surface area contributed by atoms with E-state index in [1.165, 1.54) is 22.7 Å². The Morgan fingerprint density at radius 3 is 2.35 bits per heavy atom. The van der Waals surface area contributed by atoms with E-state index in [0.717, 1.165) is 35.4 Å². The van der Waals surface area contributed by atoms with Crippen molar-refractivity contribution >= 4 is 51.0 Å². The van der Waals surface area contributed by atoms with E-state index < -0.39 is 11.9 Å². The minimum Gasteiger partial charge on any atom is -0.462 e. The number of hydrogen-bond acceptors (Lipinski definition) is 9. The van der Waals surface area contributed by atoms with Crippen molar-refractivity contribution in [1.82, 2.24) is 14.1 Å². The van der Waals surface area contributed by atoms with Crippen LogP contribution < -0.4 is 5.56 Å². The number of carbonyl (C=O) groups is 3. The summed E-state index contributed by atoms with van der Waals surface area (Å²) in [5, 5.41) is 1.19. The second kappa shape index (κ2) is 12.7. The van der Waals surface area contributed by atoms with Crippen LogP contribution in [0.5, 0.6) is 0 Å². The van der Waals surface area contributed by atoms with Gasteiger partial charge in [0.2, 0.25) is 0 Å². The summed E-state index contributed by atoms with van der Waals surface area (Å²) >= 11 is 2.80. The number of aryl methyl sites for hydroxylation is 3. The van der Waals surface area contributed by atoms with Gasteiger partial charge in [-0.2, -0.15) is 0 Å². The normalized spacial score (nSPS) is 12.4. The van der Waals surface area contributed by atoms with Gasteiger partial charge in [0.05, 0.1) is 35.5 Å². The largest absolute Gasteiger partial charge is 0.462 e. The van der Waals surface area contributed by atoms with Gasteiger partial charge in [-0.15, -0.1) is 17.9 Å².